The molecule has 1 aromatic heterocycles. The molecule has 1 saturated heterocycles. The van der Waals surface area contributed by atoms with E-state index in [-0.39, 0.29) is 6.10 Å². The highest BCUT2D eigenvalue weighted by molar-refractivity contribution is 7.22. The molecule has 1 aromatic carbocycles. The first kappa shape index (κ1) is 11.0. The van der Waals surface area contributed by atoms with Gasteiger partial charge in [0.2, 0.25) is 0 Å². The molecule has 0 spiro atoms. The molecule has 0 aliphatic carbocycles. The molecule has 2 heterocycles. The van der Waals surface area contributed by atoms with E-state index in [4.69, 9.17) is 0 Å². The monoisotopic (exact) mass is 248 g/mol. The third-order valence-corrected chi connectivity index (χ3v) is 4.35. The Bertz CT molecular complexity index is 529. The molecule has 0 unspecified atom stereocenters. The van der Waals surface area contributed by atoms with Gasteiger partial charge in [0, 0.05) is 13.1 Å². The number of aliphatic hydroxyl groups excluding tert-OH is 1. The molecular formula is C13H16N2OS. The first-order chi connectivity index (χ1) is 8.22. The molecule has 2 aromatic rings. The normalized spacial score (nSPS) is 17.9. The maximum Gasteiger partial charge on any atom is 0.186 e. The number of aliphatic hydroxyl groups is 1. The fourth-order valence-corrected chi connectivity index (χ4v) is 3.33. The summed E-state index contributed by atoms with van der Waals surface area (Å²) < 4.78 is 1.26. The molecule has 0 amide bonds. The zero-order valence-corrected chi connectivity index (χ0v) is 10.7. The maximum absolute atomic E-state index is 9.51. The van der Waals surface area contributed by atoms with Crippen LogP contribution in [0.15, 0.2) is 18.2 Å². The van der Waals surface area contributed by atoms with Crippen LogP contribution in [0.1, 0.15) is 18.4 Å². The molecule has 1 aliphatic heterocycles. The van der Waals surface area contributed by atoms with Gasteiger partial charge >= 0.3 is 0 Å². The highest BCUT2D eigenvalue weighted by Crippen LogP contribution is 2.30. The van der Waals surface area contributed by atoms with Crippen molar-refractivity contribution in [2.24, 2.45) is 0 Å². The highest BCUT2D eigenvalue weighted by Gasteiger charge is 2.19. The van der Waals surface area contributed by atoms with Gasteiger partial charge in [0.05, 0.1) is 16.3 Å². The van der Waals surface area contributed by atoms with Crippen molar-refractivity contribution in [2.45, 2.75) is 25.9 Å². The quantitative estimate of drug-likeness (QED) is 0.842. The van der Waals surface area contributed by atoms with Crippen LogP contribution in [-0.4, -0.2) is 29.3 Å². The standard InChI is InChI=1S/C13H16N2OS/c1-9-2-3-11-12(8-9)17-13(14-11)15-6-4-10(16)5-7-15/h2-3,8,10,16H,4-7H2,1H3. The smallest absolute Gasteiger partial charge is 0.186 e. The Kier molecular flexibility index (Phi) is 2.76. The van der Waals surface area contributed by atoms with Crippen LogP contribution in [0.3, 0.4) is 0 Å². The summed E-state index contributed by atoms with van der Waals surface area (Å²) >= 11 is 1.75. The van der Waals surface area contributed by atoms with Gasteiger partial charge in [-0.05, 0) is 37.5 Å². The van der Waals surface area contributed by atoms with E-state index in [1.807, 2.05) is 0 Å². The number of anilines is 1. The number of hydrogen-bond acceptors (Lipinski definition) is 4. The Morgan fingerprint density at radius 2 is 2.12 bits per heavy atom. The first-order valence-corrected chi connectivity index (χ1v) is 6.84. The van der Waals surface area contributed by atoms with Gasteiger partial charge in [-0.1, -0.05) is 17.4 Å². The van der Waals surface area contributed by atoms with Crippen LogP contribution in [0.25, 0.3) is 10.2 Å². The maximum atomic E-state index is 9.51. The fraction of sp³-hybridized carbons (Fsp3) is 0.462. The molecule has 0 bridgehead atoms. The van der Waals surface area contributed by atoms with E-state index in [0.717, 1.165) is 36.6 Å². The Hall–Kier alpha value is -1.13. The molecular weight excluding hydrogens is 232 g/mol. The Labute approximate surface area is 105 Å². The molecule has 3 nitrogen and oxygen atoms in total. The minimum atomic E-state index is -0.122. The second-order valence-corrected chi connectivity index (χ2v) is 5.69. The molecule has 0 atom stereocenters. The van der Waals surface area contributed by atoms with Crippen LogP contribution < -0.4 is 4.90 Å². The number of rotatable bonds is 1. The molecule has 4 heteroatoms. The average molecular weight is 248 g/mol. The Balaban J connectivity index is 1.90. The predicted octanol–water partition coefficient (Wildman–Crippen LogP) is 2.57. The summed E-state index contributed by atoms with van der Waals surface area (Å²) in [5.74, 6) is 0. The van der Waals surface area contributed by atoms with Crippen molar-refractivity contribution in [3.63, 3.8) is 0 Å². The van der Waals surface area contributed by atoms with Crippen LogP contribution >= 0.6 is 11.3 Å². The van der Waals surface area contributed by atoms with Crippen molar-refractivity contribution in [2.75, 3.05) is 18.0 Å². The summed E-state index contributed by atoms with van der Waals surface area (Å²) in [6.07, 6.45) is 1.59. The molecule has 0 radical (unpaired) electrons. The molecule has 1 fully saturated rings. The van der Waals surface area contributed by atoms with E-state index in [1.165, 1.54) is 10.3 Å². The summed E-state index contributed by atoms with van der Waals surface area (Å²) in [7, 11) is 0. The average Bonchev–Trinajstić information content (AvgIpc) is 2.72. The van der Waals surface area contributed by atoms with Crippen molar-refractivity contribution in [1.29, 1.82) is 0 Å². The number of nitrogens with zero attached hydrogens (tertiary/aromatic N) is 2. The van der Waals surface area contributed by atoms with Crippen molar-refractivity contribution < 1.29 is 5.11 Å². The SMILES string of the molecule is Cc1ccc2nc(N3CCC(O)CC3)sc2c1. The number of benzene rings is 1. The summed E-state index contributed by atoms with van der Waals surface area (Å²) in [6, 6.07) is 6.38. The second-order valence-electron chi connectivity index (χ2n) is 4.69. The second kappa shape index (κ2) is 4.27. The van der Waals surface area contributed by atoms with Crippen molar-refractivity contribution >= 4 is 26.7 Å². The van der Waals surface area contributed by atoms with Gasteiger partial charge in [0.15, 0.2) is 5.13 Å². The largest absolute Gasteiger partial charge is 0.393 e. The van der Waals surface area contributed by atoms with Gasteiger partial charge in [-0.25, -0.2) is 4.98 Å². The summed E-state index contributed by atoms with van der Waals surface area (Å²) in [6.45, 7) is 3.94. The highest BCUT2D eigenvalue weighted by atomic mass is 32.1. The Morgan fingerprint density at radius 3 is 2.88 bits per heavy atom. The lowest BCUT2D eigenvalue weighted by Gasteiger charge is -2.28. The van der Waals surface area contributed by atoms with Crippen molar-refractivity contribution in [3.05, 3.63) is 23.8 Å². The number of piperidine rings is 1. The molecule has 17 heavy (non-hydrogen) atoms. The minimum Gasteiger partial charge on any atom is -0.393 e. The van der Waals surface area contributed by atoms with Crippen LogP contribution in [0.4, 0.5) is 5.13 Å². The number of aryl methyl sites for hydroxylation is 1. The lowest BCUT2D eigenvalue weighted by atomic mass is 10.1. The zero-order valence-electron chi connectivity index (χ0n) is 9.89. The lowest BCUT2D eigenvalue weighted by molar-refractivity contribution is 0.145. The number of thiazole rings is 1. The van der Waals surface area contributed by atoms with E-state index in [2.05, 4.69) is 35.0 Å². The fourth-order valence-electron chi connectivity index (χ4n) is 2.21. The number of fused-ring (bicyclic) bond motifs is 1. The summed E-state index contributed by atoms with van der Waals surface area (Å²) in [4.78, 5) is 6.95. The molecule has 0 saturated carbocycles. The van der Waals surface area contributed by atoms with Crippen molar-refractivity contribution in [3.8, 4) is 0 Å². The minimum absolute atomic E-state index is 0.122. The van der Waals surface area contributed by atoms with Gasteiger partial charge in [-0.3, -0.25) is 0 Å². The van der Waals surface area contributed by atoms with E-state index in [0.29, 0.717) is 0 Å². The zero-order chi connectivity index (χ0) is 11.8. The van der Waals surface area contributed by atoms with E-state index in [1.54, 1.807) is 11.3 Å². The first-order valence-electron chi connectivity index (χ1n) is 6.02. The van der Waals surface area contributed by atoms with Crippen LogP contribution in [-0.2, 0) is 0 Å². The van der Waals surface area contributed by atoms with Gasteiger partial charge < -0.3 is 10.0 Å². The summed E-state index contributed by atoms with van der Waals surface area (Å²) in [5.41, 5.74) is 2.36. The van der Waals surface area contributed by atoms with E-state index < -0.39 is 0 Å². The van der Waals surface area contributed by atoms with E-state index >= 15 is 0 Å². The number of aromatic nitrogens is 1. The van der Waals surface area contributed by atoms with Crippen LogP contribution in [0.5, 0.6) is 0 Å². The molecule has 3 rings (SSSR count). The Morgan fingerprint density at radius 1 is 1.35 bits per heavy atom. The van der Waals surface area contributed by atoms with Gasteiger partial charge in [0.25, 0.3) is 0 Å². The van der Waals surface area contributed by atoms with Gasteiger partial charge in [-0.15, -0.1) is 0 Å². The molecule has 1 aliphatic rings. The lowest BCUT2D eigenvalue weighted by Crippen LogP contribution is -2.35. The summed E-state index contributed by atoms with van der Waals surface area (Å²) in [5, 5.41) is 10.6. The third kappa shape index (κ3) is 2.15. The molecule has 90 valence electrons. The predicted molar refractivity (Wildman–Crippen MR) is 71.8 cm³/mol. The van der Waals surface area contributed by atoms with Gasteiger partial charge in [-0.2, -0.15) is 0 Å². The topological polar surface area (TPSA) is 36.4 Å². The van der Waals surface area contributed by atoms with Crippen LogP contribution in [0, 0.1) is 6.92 Å². The van der Waals surface area contributed by atoms with Crippen molar-refractivity contribution in [1.82, 2.24) is 4.98 Å². The third-order valence-electron chi connectivity index (χ3n) is 3.27. The molecule has 1 N–H and O–H groups in total. The van der Waals surface area contributed by atoms with E-state index in [9.17, 15) is 5.11 Å². The van der Waals surface area contributed by atoms with Crippen LogP contribution in [0.2, 0.25) is 0 Å². The van der Waals surface area contributed by atoms with Gasteiger partial charge in [0.1, 0.15) is 0 Å². The number of hydrogen-bond donors (Lipinski definition) is 1.